The van der Waals surface area contributed by atoms with Crippen LogP contribution in [0.2, 0.25) is 5.02 Å². The summed E-state index contributed by atoms with van der Waals surface area (Å²) in [6.07, 6.45) is 1.62. The van der Waals surface area contributed by atoms with Gasteiger partial charge in [-0.15, -0.1) is 0 Å². The molecule has 0 bridgehead atoms. The minimum Gasteiger partial charge on any atom is -0.310 e. The van der Waals surface area contributed by atoms with Gasteiger partial charge in [-0.25, -0.2) is 9.67 Å². The molecular formula is C22H20ClN5O2S. The van der Waals surface area contributed by atoms with Crippen LogP contribution >= 0.6 is 23.4 Å². The molecule has 7 nitrogen and oxygen atoms in total. The summed E-state index contributed by atoms with van der Waals surface area (Å²) in [5.74, 6) is 0.475. The fourth-order valence-corrected chi connectivity index (χ4v) is 4.26. The monoisotopic (exact) mass is 453 g/mol. The van der Waals surface area contributed by atoms with E-state index in [9.17, 15) is 9.59 Å². The molecule has 0 radical (unpaired) electrons. The molecule has 0 aliphatic rings. The van der Waals surface area contributed by atoms with Gasteiger partial charge in [0, 0.05) is 17.6 Å². The molecule has 4 aromatic rings. The number of hydrogen-bond donors (Lipinski definition) is 1. The molecule has 0 saturated carbocycles. The number of carbonyl (C=O) groups is 1. The summed E-state index contributed by atoms with van der Waals surface area (Å²) in [6, 6.07) is 16.5. The van der Waals surface area contributed by atoms with Crippen molar-refractivity contribution in [3.05, 3.63) is 81.7 Å². The van der Waals surface area contributed by atoms with Gasteiger partial charge in [-0.1, -0.05) is 53.7 Å². The highest BCUT2D eigenvalue weighted by molar-refractivity contribution is 7.99. The molecule has 9 heteroatoms. The summed E-state index contributed by atoms with van der Waals surface area (Å²) in [7, 11) is 0. The highest BCUT2D eigenvalue weighted by Gasteiger charge is 2.14. The van der Waals surface area contributed by atoms with Crippen LogP contribution in [0.4, 0.5) is 5.82 Å². The van der Waals surface area contributed by atoms with Crippen molar-refractivity contribution in [2.75, 3.05) is 11.1 Å². The van der Waals surface area contributed by atoms with Crippen molar-refractivity contribution in [2.24, 2.45) is 0 Å². The van der Waals surface area contributed by atoms with E-state index in [2.05, 4.69) is 15.4 Å². The van der Waals surface area contributed by atoms with Gasteiger partial charge in [-0.05, 0) is 30.7 Å². The third-order valence-electron chi connectivity index (χ3n) is 4.74. The molecule has 1 amide bonds. The van der Waals surface area contributed by atoms with E-state index in [0.717, 1.165) is 5.56 Å². The number of carbonyl (C=O) groups excluding carboxylic acids is 1. The molecule has 1 N–H and O–H groups in total. The minimum atomic E-state index is -0.212. The lowest BCUT2D eigenvalue weighted by atomic mass is 10.2. The Balaban J connectivity index is 1.47. The van der Waals surface area contributed by atoms with E-state index in [1.165, 1.54) is 11.8 Å². The number of nitrogens with zero attached hydrogens (tertiary/aromatic N) is 4. The van der Waals surface area contributed by atoms with Crippen LogP contribution in [0.15, 0.2) is 70.7 Å². The van der Waals surface area contributed by atoms with Crippen LogP contribution in [0.25, 0.3) is 10.9 Å². The number of thioether (sulfide) groups is 1. The smallest absolute Gasteiger partial charge is 0.262 e. The molecule has 2 aromatic carbocycles. The van der Waals surface area contributed by atoms with Crippen molar-refractivity contribution in [1.29, 1.82) is 0 Å². The number of amides is 1. The highest BCUT2D eigenvalue weighted by Crippen LogP contribution is 2.20. The molecule has 2 aromatic heterocycles. The molecule has 0 aliphatic heterocycles. The zero-order valence-electron chi connectivity index (χ0n) is 16.8. The Kier molecular flexibility index (Phi) is 6.39. The fourth-order valence-electron chi connectivity index (χ4n) is 3.20. The van der Waals surface area contributed by atoms with E-state index < -0.39 is 0 Å². The van der Waals surface area contributed by atoms with Gasteiger partial charge >= 0.3 is 0 Å². The second kappa shape index (κ2) is 9.36. The summed E-state index contributed by atoms with van der Waals surface area (Å²) < 4.78 is 3.27. The third kappa shape index (κ3) is 4.65. The van der Waals surface area contributed by atoms with Crippen molar-refractivity contribution in [3.8, 4) is 0 Å². The molecule has 0 spiro atoms. The summed E-state index contributed by atoms with van der Waals surface area (Å²) in [5, 5.41) is 8.88. The van der Waals surface area contributed by atoms with Crippen LogP contribution in [0, 0.1) is 0 Å². The third-order valence-corrected chi connectivity index (χ3v) is 6.08. The van der Waals surface area contributed by atoms with Crippen LogP contribution in [0.3, 0.4) is 0 Å². The molecule has 0 unspecified atom stereocenters. The predicted molar refractivity (Wildman–Crippen MR) is 124 cm³/mol. The molecular weight excluding hydrogens is 434 g/mol. The number of para-hydroxylation sites is 1. The number of fused-ring (bicyclic) bond motifs is 1. The van der Waals surface area contributed by atoms with Crippen LogP contribution in [-0.4, -0.2) is 31.0 Å². The van der Waals surface area contributed by atoms with Gasteiger partial charge in [-0.3, -0.25) is 14.2 Å². The number of hydrogen-bond acceptors (Lipinski definition) is 5. The van der Waals surface area contributed by atoms with Gasteiger partial charge in [0.1, 0.15) is 5.82 Å². The Morgan fingerprint density at radius 3 is 2.71 bits per heavy atom. The van der Waals surface area contributed by atoms with E-state index in [-0.39, 0.29) is 17.2 Å². The first-order chi connectivity index (χ1) is 15.1. The van der Waals surface area contributed by atoms with E-state index in [1.807, 2.05) is 43.3 Å². The SMILES string of the molecule is CCn1c(SCC(=O)Nc2ccnn2Cc2ccccc2Cl)nc2ccccc2c1=O. The Bertz CT molecular complexity index is 1300. The molecule has 31 heavy (non-hydrogen) atoms. The van der Waals surface area contributed by atoms with Gasteiger partial charge in [0.05, 0.1) is 29.4 Å². The zero-order valence-corrected chi connectivity index (χ0v) is 18.4. The second-order valence-corrected chi connectivity index (χ2v) is 8.11. The topological polar surface area (TPSA) is 81.8 Å². The summed E-state index contributed by atoms with van der Waals surface area (Å²) in [6.45, 7) is 2.80. The van der Waals surface area contributed by atoms with Crippen molar-refractivity contribution < 1.29 is 4.79 Å². The minimum absolute atomic E-state index is 0.103. The zero-order chi connectivity index (χ0) is 21.8. The van der Waals surface area contributed by atoms with Crippen molar-refractivity contribution >= 4 is 46.0 Å². The van der Waals surface area contributed by atoms with Gasteiger partial charge in [0.15, 0.2) is 5.16 Å². The van der Waals surface area contributed by atoms with Crippen LogP contribution in [0.1, 0.15) is 12.5 Å². The Morgan fingerprint density at radius 2 is 1.90 bits per heavy atom. The summed E-state index contributed by atoms with van der Waals surface area (Å²) in [4.78, 5) is 29.9. The molecule has 2 heterocycles. The van der Waals surface area contributed by atoms with E-state index in [1.54, 1.807) is 33.6 Å². The highest BCUT2D eigenvalue weighted by atomic mass is 35.5. The van der Waals surface area contributed by atoms with Crippen LogP contribution < -0.4 is 10.9 Å². The average molecular weight is 454 g/mol. The average Bonchev–Trinajstić information content (AvgIpc) is 3.20. The molecule has 0 saturated heterocycles. The Morgan fingerprint density at radius 1 is 1.13 bits per heavy atom. The lowest BCUT2D eigenvalue weighted by Crippen LogP contribution is -2.23. The van der Waals surface area contributed by atoms with E-state index in [0.29, 0.717) is 40.0 Å². The van der Waals surface area contributed by atoms with E-state index in [4.69, 9.17) is 11.6 Å². The standard InChI is InChI=1S/C22H20ClN5O2S/c1-2-27-21(30)16-8-4-6-10-18(16)25-22(27)31-14-20(29)26-19-11-12-24-28(19)13-15-7-3-5-9-17(15)23/h3-12H,2,13-14H2,1H3,(H,26,29). The quantitative estimate of drug-likeness (QED) is 0.337. The molecule has 0 fully saturated rings. The first-order valence-corrected chi connectivity index (χ1v) is 11.1. The lowest BCUT2D eigenvalue weighted by Gasteiger charge is -2.12. The number of aromatic nitrogens is 4. The van der Waals surface area contributed by atoms with Crippen molar-refractivity contribution in [3.63, 3.8) is 0 Å². The maximum absolute atomic E-state index is 12.7. The van der Waals surface area contributed by atoms with Crippen LogP contribution in [0.5, 0.6) is 0 Å². The molecule has 4 rings (SSSR count). The maximum Gasteiger partial charge on any atom is 0.262 e. The van der Waals surface area contributed by atoms with Crippen LogP contribution in [-0.2, 0) is 17.9 Å². The summed E-state index contributed by atoms with van der Waals surface area (Å²) >= 11 is 7.46. The first kappa shape index (κ1) is 21.1. The van der Waals surface area contributed by atoms with Gasteiger partial charge < -0.3 is 5.32 Å². The largest absolute Gasteiger partial charge is 0.310 e. The van der Waals surface area contributed by atoms with Gasteiger partial charge in [0.25, 0.3) is 5.56 Å². The molecule has 158 valence electrons. The van der Waals surface area contributed by atoms with E-state index >= 15 is 0 Å². The number of halogens is 1. The summed E-state index contributed by atoms with van der Waals surface area (Å²) in [5.41, 5.74) is 1.43. The number of anilines is 1. The van der Waals surface area contributed by atoms with Gasteiger partial charge in [0.2, 0.25) is 5.91 Å². The maximum atomic E-state index is 12.7. The normalized spacial score (nSPS) is 11.0. The Labute approximate surface area is 188 Å². The molecule has 0 aliphatic carbocycles. The fraction of sp³-hybridized carbons (Fsp3) is 0.182. The lowest BCUT2D eigenvalue weighted by molar-refractivity contribution is -0.113. The molecule has 0 atom stereocenters. The number of rotatable bonds is 7. The predicted octanol–water partition coefficient (Wildman–Crippen LogP) is 4.05. The van der Waals surface area contributed by atoms with Gasteiger partial charge in [-0.2, -0.15) is 5.10 Å². The second-order valence-electron chi connectivity index (χ2n) is 6.76. The Hall–Kier alpha value is -3.10. The number of nitrogens with one attached hydrogen (secondary N) is 1. The number of benzene rings is 2. The van der Waals surface area contributed by atoms with Crippen molar-refractivity contribution in [2.45, 2.75) is 25.2 Å². The first-order valence-electron chi connectivity index (χ1n) is 9.74. The van der Waals surface area contributed by atoms with Crippen molar-refractivity contribution in [1.82, 2.24) is 19.3 Å².